The molecule has 0 radical (unpaired) electrons. The quantitative estimate of drug-likeness (QED) is 0.347. The molecule has 0 unspecified atom stereocenters. The molecular weight excluding hydrogens is 503 g/mol. The van der Waals surface area contributed by atoms with Crippen LogP contribution in [0, 0.1) is 6.92 Å². The van der Waals surface area contributed by atoms with Crippen LogP contribution in [0.15, 0.2) is 49.1 Å². The van der Waals surface area contributed by atoms with Gasteiger partial charge in [0.05, 0.1) is 29.7 Å². The molecule has 4 aromatic rings. The normalized spacial score (nSPS) is 13.2. The number of nitrogens with zero attached hydrogens (tertiary/aromatic N) is 5. The van der Waals surface area contributed by atoms with Crippen LogP contribution in [0.4, 0.5) is 22.0 Å². The van der Waals surface area contributed by atoms with E-state index in [1.165, 1.54) is 42.9 Å². The SMILES string of the molecule is Cc1cn2ncc(C(=O)N[C@@H](c3ccc(OC(F)(F)F)cc3)C(C)(C)O)c2nc1-c1cnn(C(F)F)c1. The molecule has 4 rings (SSSR count). The van der Waals surface area contributed by atoms with Crippen LogP contribution in [0.25, 0.3) is 16.9 Å². The lowest BCUT2D eigenvalue weighted by atomic mass is 9.91. The maximum atomic E-state index is 13.2. The highest BCUT2D eigenvalue weighted by molar-refractivity contribution is 6.00. The molecule has 3 heterocycles. The Hall–Kier alpha value is -4.07. The highest BCUT2D eigenvalue weighted by atomic mass is 19.4. The number of fused-ring (bicyclic) bond motifs is 1. The fourth-order valence-electron chi connectivity index (χ4n) is 3.76. The molecule has 0 saturated carbocycles. The number of halogens is 5. The van der Waals surface area contributed by atoms with Gasteiger partial charge in [-0.1, -0.05) is 12.1 Å². The van der Waals surface area contributed by atoms with E-state index in [9.17, 15) is 31.9 Å². The molecule has 196 valence electrons. The second kappa shape index (κ2) is 9.42. The van der Waals surface area contributed by atoms with E-state index in [0.717, 1.165) is 18.3 Å². The van der Waals surface area contributed by atoms with E-state index in [1.807, 2.05) is 0 Å². The minimum Gasteiger partial charge on any atom is -0.406 e. The van der Waals surface area contributed by atoms with Crippen molar-refractivity contribution in [1.82, 2.24) is 29.7 Å². The van der Waals surface area contributed by atoms with Crippen molar-refractivity contribution in [1.29, 1.82) is 0 Å². The Morgan fingerprint density at radius 3 is 2.32 bits per heavy atom. The van der Waals surface area contributed by atoms with Crippen molar-refractivity contribution in [2.24, 2.45) is 0 Å². The Morgan fingerprint density at radius 2 is 1.76 bits per heavy atom. The monoisotopic (exact) mass is 524 g/mol. The number of aromatic nitrogens is 5. The summed E-state index contributed by atoms with van der Waals surface area (Å²) in [5.41, 5.74) is 0.142. The minimum atomic E-state index is -4.86. The summed E-state index contributed by atoms with van der Waals surface area (Å²) >= 11 is 0. The van der Waals surface area contributed by atoms with Crippen LogP contribution in [0.1, 0.15) is 47.9 Å². The largest absolute Gasteiger partial charge is 0.573 e. The van der Waals surface area contributed by atoms with E-state index in [2.05, 4.69) is 25.2 Å². The molecule has 9 nitrogen and oxygen atoms in total. The Balaban J connectivity index is 1.65. The van der Waals surface area contributed by atoms with Crippen LogP contribution in [0.5, 0.6) is 5.75 Å². The zero-order chi connectivity index (χ0) is 27.1. The number of ether oxygens (including phenoxy) is 1. The zero-order valence-electron chi connectivity index (χ0n) is 19.7. The maximum Gasteiger partial charge on any atom is 0.573 e. The summed E-state index contributed by atoms with van der Waals surface area (Å²) in [6.45, 7) is 1.71. The highest BCUT2D eigenvalue weighted by Crippen LogP contribution is 2.30. The number of benzene rings is 1. The molecule has 1 atom stereocenters. The molecule has 0 saturated heterocycles. The molecule has 14 heteroatoms. The third-order valence-electron chi connectivity index (χ3n) is 5.42. The number of carbonyl (C=O) groups is 1. The Bertz CT molecular complexity index is 1420. The summed E-state index contributed by atoms with van der Waals surface area (Å²) in [5.74, 6) is -1.13. The summed E-state index contributed by atoms with van der Waals surface area (Å²) in [6.07, 6.45) is 0.317. The standard InChI is InChI=1S/C23H21F5N6O3/c1-12-10-33-19(31-17(12)14-8-29-34(11-14)21(24)25)16(9-30-33)20(35)32-18(22(2,3)36)13-4-6-15(7-5-13)37-23(26,27)28/h4-11,18,21,36H,1-3H3,(H,32,35)/t18-/m0/s1. The Labute approximate surface area is 206 Å². The van der Waals surface area contributed by atoms with E-state index >= 15 is 0 Å². The van der Waals surface area contributed by atoms with Crippen molar-refractivity contribution in [3.05, 3.63) is 65.7 Å². The van der Waals surface area contributed by atoms with Gasteiger partial charge in [0.2, 0.25) is 0 Å². The highest BCUT2D eigenvalue weighted by Gasteiger charge is 2.33. The summed E-state index contributed by atoms with van der Waals surface area (Å²) in [5, 5.41) is 21.1. The fraction of sp³-hybridized carbons (Fsp3) is 0.304. The van der Waals surface area contributed by atoms with Crippen molar-refractivity contribution >= 4 is 11.6 Å². The van der Waals surface area contributed by atoms with Gasteiger partial charge in [0, 0.05) is 18.0 Å². The number of aliphatic hydroxyl groups is 1. The number of amides is 1. The average Bonchev–Trinajstić information content (AvgIpc) is 3.43. The van der Waals surface area contributed by atoms with Gasteiger partial charge in [0.1, 0.15) is 11.3 Å². The van der Waals surface area contributed by atoms with E-state index in [-0.39, 0.29) is 11.2 Å². The molecule has 2 N–H and O–H groups in total. The number of hydrogen-bond donors (Lipinski definition) is 2. The Kier molecular flexibility index (Phi) is 6.62. The predicted molar refractivity (Wildman–Crippen MR) is 120 cm³/mol. The molecule has 0 spiro atoms. The number of hydrogen-bond acceptors (Lipinski definition) is 6. The smallest absolute Gasteiger partial charge is 0.406 e. The van der Waals surface area contributed by atoms with Crippen LogP contribution in [-0.4, -0.2) is 47.4 Å². The summed E-state index contributed by atoms with van der Waals surface area (Å²) in [6, 6.07) is 3.68. The first-order valence-corrected chi connectivity index (χ1v) is 10.8. The lowest BCUT2D eigenvalue weighted by Gasteiger charge is -2.30. The second-order valence-electron chi connectivity index (χ2n) is 8.76. The van der Waals surface area contributed by atoms with Gasteiger partial charge in [-0.25, -0.2) is 14.2 Å². The maximum absolute atomic E-state index is 13.2. The van der Waals surface area contributed by atoms with Gasteiger partial charge in [-0.05, 0) is 44.0 Å². The van der Waals surface area contributed by atoms with Crippen LogP contribution < -0.4 is 10.1 Å². The van der Waals surface area contributed by atoms with Gasteiger partial charge in [0.25, 0.3) is 5.91 Å². The van der Waals surface area contributed by atoms with Gasteiger partial charge in [-0.15, -0.1) is 13.2 Å². The molecule has 1 aromatic carbocycles. The predicted octanol–water partition coefficient (Wildman–Crippen LogP) is 4.44. The fourth-order valence-corrected chi connectivity index (χ4v) is 3.76. The minimum absolute atomic E-state index is 0.0220. The molecule has 0 aliphatic carbocycles. The van der Waals surface area contributed by atoms with Crippen LogP contribution in [0.3, 0.4) is 0 Å². The summed E-state index contributed by atoms with van der Waals surface area (Å²) in [7, 11) is 0. The van der Waals surface area contributed by atoms with Gasteiger partial charge in [-0.2, -0.15) is 19.0 Å². The van der Waals surface area contributed by atoms with Crippen molar-refractivity contribution in [2.75, 3.05) is 0 Å². The van der Waals surface area contributed by atoms with Crippen LogP contribution in [0.2, 0.25) is 0 Å². The van der Waals surface area contributed by atoms with Crippen molar-refractivity contribution in [3.63, 3.8) is 0 Å². The molecule has 1 amide bonds. The average molecular weight is 524 g/mol. The number of carbonyl (C=O) groups excluding carboxylic acids is 1. The third-order valence-corrected chi connectivity index (χ3v) is 5.42. The Morgan fingerprint density at radius 1 is 1.08 bits per heavy atom. The molecule has 0 aliphatic rings. The molecule has 37 heavy (non-hydrogen) atoms. The number of aryl methyl sites for hydroxylation is 1. The van der Waals surface area contributed by atoms with Gasteiger partial charge in [0.15, 0.2) is 5.65 Å². The van der Waals surface area contributed by atoms with Crippen LogP contribution in [-0.2, 0) is 0 Å². The van der Waals surface area contributed by atoms with Crippen molar-refractivity contribution in [3.8, 4) is 17.0 Å². The topological polar surface area (TPSA) is 107 Å². The third kappa shape index (κ3) is 5.69. The molecule has 0 aliphatic heterocycles. The summed E-state index contributed by atoms with van der Waals surface area (Å²) < 4.78 is 69.0. The second-order valence-corrected chi connectivity index (χ2v) is 8.76. The van der Waals surface area contributed by atoms with Crippen molar-refractivity contribution < 1.29 is 36.6 Å². The van der Waals surface area contributed by atoms with Gasteiger partial charge in [-0.3, -0.25) is 4.79 Å². The number of alkyl halides is 5. The molecule has 3 aromatic heterocycles. The lowest BCUT2D eigenvalue weighted by molar-refractivity contribution is -0.274. The van der Waals surface area contributed by atoms with E-state index in [4.69, 9.17) is 0 Å². The summed E-state index contributed by atoms with van der Waals surface area (Å²) in [4.78, 5) is 17.7. The first-order chi connectivity index (χ1) is 17.2. The molecular formula is C23H21F5N6O3. The zero-order valence-corrected chi connectivity index (χ0v) is 19.7. The van der Waals surface area contributed by atoms with Crippen molar-refractivity contribution in [2.45, 2.75) is 45.3 Å². The van der Waals surface area contributed by atoms with Crippen LogP contribution >= 0.6 is 0 Å². The number of nitrogens with one attached hydrogen (secondary N) is 1. The van der Waals surface area contributed by atoms with E-state index in [0.29, 0.717) is 27.1 Å². The van der Waals surface area contributed by atoms with Gasteiger partial charge >= 0.3 is 12.9 Å². The first kappa shape index (κ1) is 26.0. The molecule has 0 fully saturated rings. The lowest BCUT2D eigenvalue weighted by Crippen LogP contribution is -2.42. The van der Waals surface area contributed by atoms with E-state index < -0.39 is 36.2 Å². The number of rotatable bonds is 7. The molecule has 0 bridgehead atoms. The van der Waals surface area contributed by atoms with Gasteiger partial charge < -0.3 is 15.2 Å². The first-order valence-electron chi connectivity index (χ1n) is 10.8. The van der Waals surface area contributed by atoms with E-state index in [1.54, 1.807) is 13.1 Å².